The molecule has 1 fully saturated rings. The number of hydrogen-bond acceptors (Lipinski definition) is 14. The summed E-state index contributed by atoms with van der Waals surface area (Å²) in [5.41, 5.74) is 0. The fourth-order valence-corrected chi connectivity index (χ4v) is 7.65. The van der Waals surface area contributed by atoms with Crippen LogP contribution in [0.15, 0.2) is 12.2 Å². The number of ketones is 1. The molecular formula is C39H72O17P2. The standard InChI is InChI=1S/C39H72O17P2/c1-4-6-11-17-30(40)21-22-34-35(37(44)24-36(34)43)23-31(41)18-14-15-19-38(45)52-27-33(28-55-58(50,51)54-26-32(42)25-53-57(47,48)49)56-39(46)20-13-10-8-7-9-12-16-29(3)5-2/h21-22,29-30,32-37,40,42-44H,4-20,23-28H2,1-3H3,(H,50,51)(H2,47,48,49)/b22-21+/t29?,30-,32-,33+,34+,35+,36+,37-/m0/s1. The van der Waals surface area contributed by atoms with E-state index in [0.29, 0.717) is 25.2 Å². The molecule has 58 heavy (non-hydrogen) atoms. The Balaban J connectivity index is 2.61. The van der Waals surface area contributed by atoms with Gasteiger partial charge in [-0.15, -0.1) is 0 Å². The summed E-state index contributed by atoms with van der Waals surface area (Å²) in [7, 11) is -9.79. The molecule has 0 saturated heterocycles. The number of hydrogen-bond donors (Lipinski definition) is 7. The number of ether oxygens (including phenoxy) is 2. The van der Waals surface area contributed by atoms with E-state index in [1.54, 1.807) is 12.2 Å². The molecule has 0 aromatic heterocycles. The van der Waals surface area contributed by atoms with Gasteiger partial charge in [-0.1, -0.05) is 97.1 Å². The van der Waals surface area contributed by atoms with Crippen molar-refractivity contribution >= 4 is 33.4 Å². The monoisotopic (exact) mass is 874 g/mol. The topological polar surface area (TPSA) is 273 Å². The van der Waals surface area contributed by atoms with Crippen molar-refractivity contribution in [3.8, 4) is 0 Å². The molecule has 1 aliphatic rings. The second kappa shape index (κ2) is 30.4. The number of phosphoric ester groups is 2. The van der Waals surface area contributed by atoms with Crippen LogP contribution < -0.4 is 0 Å². The molecule has 0 bridgehead atoms. The highest BCUT2D eigenvalue weighted by molar-refractivity contribution is 7.47. The van der Waals surface area contributed by atoms with Crippen molar-refractivity contribution in [1.82, 2.24) is 0 Å². The van der Waals surface area contributed by atoms with E-state index in [1.807, 2.05) is 0 Å². The van der Waals surface area contributed by atoms with E-state index in [2.05, 4.69) is 29.8 Å². The molecule has 1 rings (SSSR count). The molecule has 1 aliphatic carbocycles. The summed E-state index contributed by atoms with van der Waals surface area (Å²) in [6.45, 7) is 3.43. The zero-order valence-corrected chi connectivity index (χ0v) is 36.4. The van der Waals surface area contributed by atoms with Crippen LogP contribution in [0.3, 0.4) is 0 Å². The maximum Gasteiger partial charge on any atom is 0.472 e. The lowest BCUT2D eigenvalue weighted by atomic mass is 9.87. The molecule has 340 valence electrons. The third-order valence-corrected chi connectivity index (χ3v) is 11.6. The fourth-order valence-electron chi connectivity index (χ4n) is 6.50. The summed E-state index contributed by atoms with van der Waals surface area (Å²) >= 11 is 0. The quantitative estimate of drug-likeness (QED) is 0.0177. The van der Waals surface area contributed by atoms with E-state index in [1.165, 1.54) is 6.42 Å². The summed E-state index contributed by atoms with van der Waals surface area (Å²) < 4.78 is 47.5. The SMILES string of the molecule is CCCCC[C@H](O)/C=C/[C@@H]1[C@@H](CC(=O)CCCCC(=O)OC[C@H](COP(=O)(O)OC[C@@H](O)COP(=O)(O)O)OC(=O)CCCCCCCCC(C)CC)[C@@H](O)C[C@H]1O. The van der Waals surface area contributed by atoms with Crippen molar-refractivity contribution in [2.24, 2.45) is 17.8 Å². The fraction of sp³-hybridized carbons (Fsp3) is 0.872. The molecule has 17 nitrogen and oxygen atoms in total. The maximum atomic E-state index is 12.8. The van der Waals surface area contributed by atoms with E-state index in [4.69, 9.17) is 23.8 Å². The van der Waals surface area contributed by atoms with Gasteiger partial charge in [0, 0.05) is 43.9 Å². The number of carbonyl (C=O) groups excluding carboxylic acids is 3. The third kappa shape index (κ3) is 27.3. The molecule has 0 spiro atoms. The molecule has 0 aromatic rings. The molecule has 0 heterocycles. The molecule has 9 atom stereocenters. The molecule has 0 aromatic carbocycles. The molecule has 0 radical (unpaired) electrons. The van der Waals surface area contributed by atoms with Gasteiger partial charge >= 0.3 is 27.6 Å². The van der Waals surface area contributed by atoms with Crippen LogP contribution in [0.5, 0.6) is 0 Å². The van der Waals surface area contributed by atoms with Gasteiger partial charge in [-0.2, -0.15) is 0 Å². The van der Waals surface area contributed by atoms with Crippen molar-refractivity contribution in [3.05, 3.63) is 12.2 Å². The van der Waals surface area contributed by atoms with Gasteiger partial charge in [0.2, 0.25) is 0 Å². The molecule has 19 heteroatoms. The Morgan fingerprint density at radius 1 is 0.724 bits per heavy atom. The van der Waals surface area contributed by atoms with Crippen molar-refractivity contribution < 1.29 is 81.7 Å². The first kappa shape index (κ1) is 54.4. The predicted molar refractivity (Wildman–Crippen MR) is 214 cm³/mol. The van der Waals surface area contributed by atoms with E-state index in [-0.39, 0.29) is 44.3 Å². The number of aliphatic hydroxyl groups is 4. The summed E-state index contributed by atoms with van der Waals surface area (Å²) in [4.78, 5) is 65.6. The van der Waals surface area contributed by atoms with Crippen LogP contribution in [0.2, 0.25) is 0 Å². The first-order valence-electron chi connectivity index (χ1n) is 20.9. The van der Waals surface area contributed by atoms with Crippen LogP contribution in [-0.4, -0.2) is 110 Å². The van der Waals surface area contributed by atoms with Gasteiger partial charge < -0.3 is 44.6 Å². The summed E-state index contributed by atoms with van der Waals surface area (Å²) in [6, 6.07) is 0. The van der Waals surface area contributed by atoms with Crippen LogP contribution in [0.4, 0.5) is 0 Å². The van der Waals surface area contributed by atoms with Gasteiger partial charge in [0.05, 0.1) is 38.1 Å². The number of phosphoric acid groups is 2. The van der Waals surface area contributed by atoms with Crippen molar-refractivity contribution in [3.63, 3.8) is 0 Å². The summed E-state index contributed by atoms with van der Waals surface area (Å²) in [5.74, 6) is -1.72. The number of Topliss-reactive ketones (excluding diaryl/α,β-unsaturated/α-hetero) is 1. The van der Waals surface area contributed by atoms with E-state index < -0.39 is 96.4 Å². The second-order valence-corrected chi connectivity index (χ2v) is 18.2. The molecule has 0 aliphatic heterocycles. The van der Waals surface area contributed by atoms with Crippen LogP contribution in [0.1, 0.15) is 143 Å². The lowest BCUT2D eigenvalue weighted by Crippen LogP contribution is -2.30. The lowest BCUT2D eigenvalue weighted by Gasteiger charge is -2.21. The zero-order chi connectivity index (χ0) is 43.6. The van der Waals surface area contributed by atoms with Crippen molar-refractivity contribution in [2.75, 3.05) is 26.4 Å². The summed E-state index contributed by atoms with van der Waals surface area (Å²) in [6.07, 6.45) is 10.3. The predicted octanol–water partition coefficient (Wildman–Crippen LogP) is 5.59. The first-order valence-corrected chi connectivity index (χ1v) is 24.0. The van der Waals surface area contributed by atoms with Gasteiger partial charge in [-0.3, -0.25) is 28.0 Å². The van der Waals surface area contributed by atoms with Crippen molar-refractivity contribution in [1.29, 1.82) is 0 Å². The van der Waals surface area contributed by atoms with Crippen molar-refractivity contribution in [2.45, 2.75) is 173 Å². The van der Waals surface area contributed by atoms with Gasteiger partial charge in [0.1, 0.15) is 18.5 Å². The summed E-state index contributed by atoms with van der Waals surface area (Å²) in [5, 5.41) is 41.0. The highest BCUT2D eigenvalue weighted by Gasteiger charge is 2.41. The van der Waals surface area contributed by atoms with Gasteiger partial charge in [-0.25, -0.2) is 9.13 Å². The Kier molecular flexibility index (Phi) is 28.6. The zero-order valence-electron chi connectivity index (χ0n) is 34.6. The van der Waals surface area contributed by atoms with Gasteiger partial charge in [0.15, 0.2) is 6.10 Å². The Morgan fingerprint density at radius 2 is 1.31 bits per heavy atom. The number of aliphatic hydroxyl groups excluding tert-OH is 4. The normalized spacial score (nSPS) is 21.7. The maximum absolute atomic E-state index is 12.8. The Morgan fingerprint density at radius 3 is 1.98 bits per heavy atom. The lowest BCUT2D eigenvalue weighted by molar-refractivity contribution is -0.161. The molecule has 1 saturated carbocycles. The highest BCUT2D eigenvalue weighted by atomic mass is 31.2. The highest BCUT2D eigenvalue weighted by Crippen LogP contribution is 2.44. The number of rotatable bonds is 35. The number of unbranched alkanes of at least 4 members (excludes halogenated alkanes) is 8. The second-order valence-electron chi connectivity index (χ2n) is 15.5. The number of esters is 2. The first-order chi connectivity index (χ1) is 27.4. The van der Waals surface area contributed by atoms with Gasteiger partial charge in [0.25, 0.3) is 0 Å². The molecule has 7 N–H and O–H groups in total. The Hall–Kier alpha value is -1.59. The van der Waals surface area contributed by atoms with Crippen LogP contribution >= 0.6 is 15.6 Å². The molecular weight excluding hydrogens is 802 g/mol. The van der Waals surface area contributed by atoms with Gasteiger partial charge in [-0.05, 0) is 31.6 Å². The van der Waals surface area contributed by atoms with Crippen LogP contribution in [0, 0.1) is 17.8 Å². The van der Waals surface area contributed by atoms with E-state index in [9.17, 15) is 48.8 Å². The number of carbonyl (C=O) groups is 3. The van der Waals surface area contributed by atoms with E-state index >= 15 is 0 Å². The average molecular weight is 875 g/mol. The molecule has 0 amide bonds. The third-order valence-electron chi connectivity index (χ3n) is 10.2. The smallest absolute Gasteiger partial charge is 0.462 e. The van der Waals surface area contributed by atoms with Crippen LogP contribution in [0.25, 0.3) is 0 Å². The molecule has 2 unspecified atom stereocenters. The Bertz CT molecular complexity index is 1280. The average Bonchev–Trinajstić information content (AvgIpc) is 3.42. The minimum Gasteiger partial charge on any atom is -0.462 e. The largest absolute Gasteiger partial charge is 0.472 e. The van der Waals surface area contributed by atoms with E-state index in [0.717, 1.165) is 57.8 Å². The minimum absolute atomic E-state index is 0.0353. The Labute approximate surface area is 344 Å². The van der Waals surface area contributed by atoms with Crippen LogP contribution in [-0.2, 0) is 46.6 Å². The minimum atomic E-state index is -4.90.